The van der Waals surface area contributed by atoms with E-state index in [1.54, 1.807) is 0 Å². The fraction of sp³-hybridized carbons (Fsp3) is 0.0588. The number of allylic oxidation sites excluding steroid dienone is 2. The molecule has 0 radical (unpaired) electrons. The summed E-state index contributed by atoms with van der Waals surface area (Å²) in [4.78, 5) is 2.41. The lowest BCUT2D eigenvalue weighted by atomic mass is 9.88. The van der Waals surface area contributed by atoms with Crippen LogP contribution in [0.25, 0.3) is 32.7 Å². The summed E-state index contributed by atoms with van der Waals surface area (Å²) in [6, 6.07) is 38.1. The van der Waals surface area contributed by atoms with Gasteiger partial charge in [0.1, 0.15) is 17.7 Å². The minimum atomic E-state index is 0.00562. The topological polar surface area (TPSA) is 50.8 Å². The Kier molecular flexibility index (Phi) is 5.63. The maximum absolute atomic E-state index is 8.87. The molecule has 172 valence electrons. The van der Waals surface area contributed by atoms with Gasteiger partial charge in [0.25, 0.3) is 0 Å². The van der Waals surface area contributed by atoms with E-state index in [2.05, 4.69) is 102 Å². The van der Waals surface area contributed by atoms with Gasteiger partial charge in [-0.1, -0.05) is 84.6 Å². The van der Waals surface area contributed by atoms with Gasteiger partial charge >= 0.3 is 0 Å². The molecule has 0 aromatic heterocycles. The molecule has 0 amide bonds. The smallest absolute Gasteiger partial charge is 0.137 e. The molecule has 1 aliphatic rings. The van der Waals surface area contributed by atoms with Gasteiger partial charge in [-0.25, -0.2) is 0 Å². The minimum absolute atomic E-state index is 0.00562. The van der Waals surface area contributed by atoms with Crippen molar-refractivity contribution in [2.24, 2.45) is 0 Å². The van der Waals surface area contributed by atoms with Gasteiger partial charge in [0.15, 0.2) is 0 Å². The number of rotatable bonds is 1. The maximum atomic E-state index is 8.87. The van der Waals surface area contributed by atoms with E-state index in [-0.39, 0.29) is 5.57 Å². The largest absolute Gasteiger partial charge is 0.363 e. The van der Waals surface area contributed by atoms with Crippen LogP contribution in [0.4, 0.5) is 5.69 Å². The lowest BCUT2D eigenvalue weighted by molar-refractivity contribution is 0.813. The summed E-state index contributed by atoms with van der Waals surface area (Å²) < 4.78 is 0. The van der Waals surface area contributed by atoms with Gasteiger partial charge < -0.3 is 4.90 Å². The van der Waals surface area contributed by atoms with Crippen molar-refractivity contribution in [2.75, 3.05) is 4.90 Å². The van der Waals surface area contributed by atoms with Crippen LogP contribution in [0.5, 0.6) is 0 Å². The average Bonchev–Trinajstić information content (AvgIpc) is 3.13. The van der Waals surface area contributed by atoms with Crippen LogP contribution in [0, 0.1) is 34.5 Å². The third kappa shape index (κ3) is 4.08. The van der Waals surface area contributed by atoms with Crippen molar-refractivity contribution >= 4 is 27.2 Å². The van der Waals surface area contributed by atoms with E-state index in [4.69, 9.17) is 10.5 Å². The van der Waals surface area contributed by atoms with Crippen LogP contribution >= 0.6 is 0 Å². The van der Waals surface area contributed by atoms with Crippen molar-refractivity contribution < 1.29 is 0 Å². The Bertz CT molecular complexity index is 1750. The molecule has 0 unspecified atom stereocenters. The van der Waals surface area contributed by atoms with Gasteiger partial charge in [-0.05, 0) is 68.1 Å². The SMILES string of the molecule is N#CC(C#N)=CC#Cc1ccc(N2Cc3ccc4ccccc4c3-c3c(ccc4ccccc34)C2)cc1. The number of benzene rings is 5. The molecule has 1 heterocycles. The van der Waals surface area contributed by atoms with Crippen LogP contribution in [0.1, 0.15) is 16.7 Å². The zero-order chi connectivity index (χ0) is 25.2. The van der Waals surface area contributed by atoms with Gasteiger partial charge in [0.05, 0.1) is 0 Å². The number of nitriles is 2. The van der Waals surface area contributed by atoms with Crippen LogP contribution in [-0.4, -0.2) is 0 Å². The molecular formula is C34H21N3. The summed E-state index contributed by atoms with van der Waals surface area (Å²) in [5, 5.41) is 22.8. The van der Waals surface area contributed by atoms with E-state index in [0.29, 0.717) is 0 Å². The highest BCUT2D eigenvalue weighted by Crippen LogP contribution is 2.42. The third-order valence-corrected chi connectivity index (χ3v) is 6.91. The normalized spacial score (nSPS) is 11.8. The molecule has 5 aromatic rings. The number of fused-ring (bicyclic) bond motifs is 7. The molecule has 3 nitrogen and oxygen atoms in total. The summed E-state index contributed by atoms with van der Waals surface area (Å²) in [6.07, 6.45) is 1.35. The Morgan fingerprint density at radius 1 is 0.649 bits per heavy atom. The zero-order valence-electron chi connectivity index (χ0n) is 20.1. The van der Waals surface area contributed by atoms with Crippen LogP contribution in [0.15, 0.2) is 109 Å². The molecule has 1 aliphatic heterocycles. The summed E-state index contributed by atoms with van der Waals surface area (Å²) in [5.74, 6) is 5.81. The molecule has 0 aliphatic carbocycles. The van der Waals surface area contributed by atoms with Crippen LogP contribution in [0.3, 0.4) is 0 Å². The predicted octanol–water partition coefficient (Wildman–Crippen LogP) is 7.51. The van der Waals surface area contributed by atoms with Crippen LogP contribution < -0.4 is 4.90 Å². The average molecular weight is 472 g/mol. The second kappa shape index (κ2) is 9.39. The molecule has 0 N–H and O–H groups in total. The van der Waals surface area contributed by atoms with E-state index < -0.39 is 0 Å². The third-order valence-electron chi connectivity index (χ3n) is 6.91. The van der Waals surface area contributed by atoms with Gasteiger partial charge in [-0.15, -0.1) is 0 Å². The molecule has 37 heavy (non-hydrogen) atoms. The fourth-order valence-corrected chi connectivity index (χ4v) is 5.17. The van der Waals surface area contributed by atoms with E-state index in [0.717, 1.165) is 24.3 Å². The van der Waals surface area contributed by atoms with E-state index in [9.17, 15) is 0 Å². The predicted molar refractivity (Wildman–Crippen MR) is 149 cm³/mol. The van der Waals surface area contributed by atoms with E-state index in [1.165, 1.54) is 49.9 Å². The first-order valence-corrected chi connectivity index (χ1v) is 12.1. The number of hydrogen-bond donors (Lipinski definition) is 0. The second-order valence-electron chi connectivity index (χ2n) is 9.10. The van der Waals surface area contributed by atoms with Gasteiger partial charge in [-0.2, -0.15) is 10.5 Å². The standard InChI is InChI=1S/C34H21N3/c35-20-25(21-36)7-5-6-24-12-18-30(19-13-24)37-22-28-16-14-26-8-1-3-10-31(26)33(28)34-29(23-37)17-15-27-9-2-4-11-32(27)34/h1-4,7-19H,22-23H2. The molecule has 5 aromatic carbocycles. The zero-order valence-corrected chi connectivity index (χ0v) is 20.1. The van der Waals surface area contributed by atoms with Crippen molar-refractivity contribution in [1.29, 1.82) is 10.5 Å². The molecule has 0 bridgehead atoms. The fourth-order valence-electron chi connectivity index (χ4n) is 5.17. The van der Waals surface area contributed by atoms with Crippen molar-refractivity contribution in [3.8, 4) is 35.1 Å². The lowest BCUT2D eigenvalue weighted by Gasteiger charge is -2.24. The van der Waals surface area contributed by atoms with Crippen molar-refractivity contribution in [1.82, 2.24) is 0 Å². The molecule has 0 saturated heterocycles. The Morgan fingerprint density at radius 3 is 1.73 bits per heavy atom. The number of nitrogens with zero attached hydrogens (tertiary/aromatic N) is 3. The van der Waals surface area contributed by atoms with Crippen LogP contribution in [0.2, 0.25) is 0 Å². The molecule has 0 fully saturated rings. The second-order valence-corrected chi connectivity index (χ2v) is 9.10. The van der Waals surface area contributed by atoms with E-state index in [1.807, 2.05) is 24.3 Å². The van der Waals surface area contributed by atoms with Gasteiger partial charge in [0, 0.05) is 30.4 Å². The molecule has 0 spiro atoms. The highest BCUT2D eigenvalue weighted by atomic mass is 15.1. The maximum Gasteiger partial charge on any atom is 0.137 e. The highest BCUT2D eigenvalue weighted by Gasteiger charge is 2.23. The molecule has 0 saturated carbocycles. The van der Waals surface area contributed by atoms with E-state index >= 15 is 0 Å². The Labute approximate surface area is 216 Å². The minimum Gasteiger partial charge on any atom is -0.363 e. The highest BCUT2D eigenvalue weighted by molar-refractivity contribution is 6.08. The quantitative estimate of drug-likeness (QED) is 0.188. The lowest BCUT2D eigenvalue weighted by Crippen LogP contribution is -2.20. The summed E-state index contributed by atoms with van der Waals surface area (Å²) in [7, 11) is 0. The number of anilines is 1. The van der Waals surface area contributed by atoms with Crippen LogP contribution in [-0.2, 0) is 13.1 Å². The first-order chi connectivity index (χ1) is 18.2. The number of hydrogen-bond acceptors (Lipinski definition) is 3. The first kappa shape index (κ1) is 22.2. The van der Waals surface area contributed by atoms with Crippen molar-refractivity contribution in [2.45, 2.75) is 13.1 Å². The monoisotopic (exact) mass is 471 g/mol. The first-order valence-electron chi connectivity index (χ1n) is 12.1. The Hall–Kier alpha value is -5.30. The summed E-state index contributed by atoms with van der Waals surface area (Å²) >= 11 is 0. The molecule has 6 rings (SSSR count). The van der Waals surface area contributed by atoms with Crippen molar-refractivity contribution in [3.63, 3.8) is 0 Å². The Morgan fingerprint density at radius 2 is 1.19 bits per heavy atom. The molecule has 0 atom stereocenters. The Balaban J connectivity index is 1.47. The van der Waals surface area contributed by atoms with Gasteiger partial charge in [0.2, 0.25) is 0 Å². The molecule has 3 heteroatoms. The van der Waals surface area contributed by atoms with Gasteiger partial charge in [-0.3, -0.25) is 0 Å². The summed E-state index contributed by atoms with van der Waals surface area (Å²) in [6.45, 7) is 1.59. The summed E-state index contributed by atoms with van der Waals surface area (Å²) in [5.41, 5.74) is 7.23. The molecular weight excluding hydrogens is 450 g/mol. The van der Waals surface area contributed by atoms with Crippen molar-refractivity contribution in [3.05, 3.63) is 125 Å².